The summed E-state index contributed by atoms with van der Waals surface area (Å²) in [6, 6.07) is 0.398. The lowest BCUT2D eigenvalue weighted by molar-refractivity contribution is 0.121. The highest BCUT2D eigenvalue weighted by Crippen LogP contribution is 2.29. The molecule has 4 nitrogen and oxygen atoms in total. The lowest BCUT2D eigenvalue weighted by Crippen LogP contribution is -2.52. The van der Waals surface area contributed by atoms with Crippen molar-refractivity contribution in [1.82, 2.24) is 10.2 Å². The van der Waals surface area contributed by atoms with Crippen LogP contribution < -0.4 is 5.32 Å². The van der Waals surface area contributed by atoms with Crippen molar-refractivity contribution in [3.05, 3.63) is 0 Å². The fourth-order valence-electron chi connectivity index (χ4n) is 3.43. The van der Waals surface area contributed by atoms with Gasteiger partial charge in [-0.05, 0) is 37.0 Å². The van der Waals surface area contributed by atoms with Crippen LogP contribution in [-0.2, 0) is 0 Å². The SMILES string of the molecule is C[C@@H]1[C@H](C)CCC[C@@H]1NC(=O)N1CCC[C@@H](CO)C1. The number of nitrogens with zero attached hydrogens (tertiary/aromatic N) is 1. The van der Waals surface area contributed by atoms with Gasteiger partial charge in [0.05, 0.1) is 0 Å². The Morgan fingerprint density at radius 3 is 2.79 bits per heavy atom. The number of nitrogens with one attached hydrogen (secondary N) is 1. The van der Waals surface area contributed by atoms with Crippen molar-refractivity contribution in [1.29, 1.82) is 0 Å². The predicted octanol–water partition coefficient (Wildman–Crippen LogP) is 2.23. The third-order valence-electron chi connectivity index (χ3n) is 5.08. The Kier molecular flexibility index (Phi) is 5.08. The number of likely N-dealkylation sites (tertiary alicyclic amines) is 1. The predicted molar refractivity (Wildman–Crippen MR) is 75.9 cm³/mol. The minimum absolute atomic E-state index is 0.0732. The van der Waals surface area contributed by atoms with Crippen LogP contribution in [0, 0.1) is 17.8 Å². The van der Waals surface area contributed by atoms with Gasteiger partial charge in [0.25, 0.3) is 0 Å². The van der Waals surface area contributed by atoms with E-state index >= 15 is 0 Å². The molecule has 1 saturated heterocycles. The molecule has 2 aliphatic rings. The minimum atomic E-state index is 0.0732. The van der Waals surface area contributed by atoms with Crippen molar-refractivity contribution in [2.45, 2.75) is 52.0 Å². The number of aliphatic hydroxyl groups excluding tert-OH is 1. The van der Waals surface area contributed by atoms with Crippen LogP contribution in [0.5, 0.6) is 0 Å². The minimum Gasteiger partial charge on any atom is -0.396 e. The van der Waals surface area contributed by atoms with Crippen LogP contribution in [0.2, 0.25) is 0 Å². The molecule has 110 valence electrons. The summed E-state index contributed by atoms with van der Waals surface area (Å²) in [5, 5.41) is 12.4. The molecule has 0 aromatic heterocycles. The summed E-state index contributed by atoms with van der Waals surface area (Å²) in [4.78, 5) is 14.2. The fraction of sp³-hybridized carbons (Fsp3) is 0.933. The molecule has 0 radical (unpaired) electrons. The first-order chi connectivity index (χ1) is 9.11. The Labute approximate surface area is 116 Å². The first-order valence-electron chi connectivity index (χ1n) is 7.78. The molecular weight excluding hydrogens is 240 g/mol. The van der Waals surface area contributed by atoms with E-state index in [0.29, 0.717) is 24.4 Å². The Morgan fingerprint density at radius 2 is 2.05 bits per heavy atom. The van der Waals surface area contributed by atoms with Crippen LogP contribution in [0.25, 0.3) is 0 Å². The zero-order valence-electron chi connectivity index (χ0n) is 12.3. The second-order valence-electron chi connectivity index (χ2n) is 6.46. The number of amides is 2. The molecule has 1 aliphatic carbocycles. The van der Waals surface area contributed by atoms with Crippen molar-refractivity contribution >= 4 is 6.03 Å². The standard InChI is InChI=1S/C15H28N2O2/c1-11-5-3-7-14(12(11)2)16-15(19)17-8-4-6-13(9-17)10-18/h11-14,18H,3-10H2,1-2H3,(H,16,19)/t11-,12-,13-,14+/m1/s1. The molecule has 1 aliphatic heterocycles. The van der Waals surface area contributed by atoms with Gasteiger partial charge in [-0.3, -0.25) is 0 Å². The first kappa shape index (κ1) is 14.6. The van der Waals surface area contributed by atoms with Crippen LogP contribution in [0.3, 0.4) is 0 Å². The third-order valence-corrected chi connectivity index (χ3v) is 5.08. The highest BCUT2D eigenvalue weighted by Gasteiger charge is 2.30. The van der Waals surface area contributed by atoms with Crippen molar-refractivity contribution in [2.24, 2.45) is 17.8 Å². The molecule has 4 atom stereocenters. The average molecular weight is 268 g/mol. The van der Waals surface area contributed by atoms with Crippen LogP contribution in [0.4, 0.5) is 4.79 Å². The maximum Gasteiger partial charge on any atom is 0.317 e. The lowest BCUT2D eigenvalue weighted by Gasteiger charge is -2.38. The number of rotatable bonds is 2. The maximum absolute atomic E-state index is 12.3. The van der Waals surface area contributed by atoms with Gasteiger partial charge in [0.15, 0.2) is 0 Å². The number of piperidine rings is 1. The summed E-state index contributed by atoms with van der Waals surface area (Å²) in [6.45, 7) is 6.27. The van der Waals surface area contributed by atoms with Gasteiger partial charge in [0.1, 0.15) is 0 Å². The molecule has 19 heavy (non-hydrogen) atoms. The van der Waals surface area contributed by atoms with Gasteiger partial charge in [-0.25, -0.2) is 4.79 Å². The van der Waals surface area contributed by atoms with E-state index in [0.717, 1.165) is 25.8 Å². The quantitative estimate of drug-likeness (QED) is 0.807. The molecule has 2 rings (SSSR count). The van der Waals surface area contributed by atoms with Gasteiger partial charge in [0.2, 0.25) is 0 Å². The van der Waals surface area contributed by atoms with E-state index in [-0.39, 0.29) is 18.6 Å². The molecule has 2 amide bonds. The highest BCUT2D eigenvalue weighted by atomic mass is 16.3. The van der Waals surface area contributed by atoms with E-state index in [1.54, 1.807) is 0 Å². The summed E-state index contributed by atoms with van der Waals surface area (Å²) in [5.41, 5.74) is 0. The number of urea groups is 1. The second-order valence-corrected chi connectivity index (χ2v) is 6.46. The van der Waals surface area contributed by atoms with Crippen LogP contribution in [-0.4, -0.2) is 41.8 Å². The fourth-order valence-corrected chi connectivity index (χ4v) is 3.43. The molecule has 2 N–H and O–H groups in total. The summed E-state index contributed by atoms with van der Waals surface area (Å²) in [6.07, 6.45) is 5.65. The van der Waals surface area contributed by atoms with E-state index < -0.39 is 0 Å². The molecular formula is C15H28N2O2. The Hall–Kier alpha value is -0.770. The van der Waals surface area contributed by atoms with Crippen LogP contribution in [0.15, 0.2) is 0 Å². The molecule has 0 aromatic carbocycles. The summed E-state index contributed by atoms with van der Waals surface area (Å²) < 4.78 is 0. The van der Waals surface area contributed by atoms with E-state index in [9.17, 15) is 9.90 Å². The molecule has 0 spiro atoms. The van der Waals surface area contributed by atoms with Crippen molar-refractivity contribution in [2.75, 3.05) is 19.7 Å². The number of carbonyl (C=O) groups excluding carboxylic acids is 1. The number of hydrogen-bond donors (Lipinski definition) is 2. The van der Waals surface area contributed by atoms with E-state index in [1.807, 2.05) is 4.90 Å². The topological polar surface area (TPSA) is 52.6 Å². The molecule has 0 aromatic rings. The van der Waals surface area contributed by atoms with Gasteiger partial charge in [-0.15, -0.1) is 0 Å². The first-order valence-corrected chi connectivity index (χ1v) is 7.78. The maximum atomic E-state index is 12.3. The Morgan fingerprint density at radius 1 is 1.26 bits per heavy atom. The second kappa shape index (κ2) is 6.60. The van der Waals surface area contributed by atoms with Gasteiger partial charge < -0.3 is 15.3 Å². The lowest BCUT2D eigenvalue weighted by atomic mass is 9.78. The van der Waals surface area contributed by atoms with Gasteiger partial charge in [-0.2, -0.15) is 0 Å². The van der Waals surface area contributed by atoms with Crippen LogP contribution >= 0.6 is 0 Å². The van der Waals surface area contributed by atoms with Crippen molar-refractivity contribution < 1.29 is 9.90 Å². The molecule has 4 heteroatoms. The zero-order valence-corrected chi connectivity index (χ0v) is 12.3. The Bertz CT molecular complexity index is 309. The third kappa shape index (κ3) is 3.62. The monoisotopic (exact) mass is 268 g/mol. The molecule has 2 fully saturated rings. The van der Waals surface area contributed by atoms with E-state index in [1.165, 1.54) is 12.8 Å². The molecule has 0 bridgehead atoms. The highest BCUT2D eigenvalue weighted by molar-refractivity contribution is 5.74. The van der Waals surface area contributed by atoms with Crippen molar-refractivity contribution in [3.63, 3.8) is 0 Å². The number of aliphatic hydroxyl groups is 1. The summed E-state index contributed by atoms with van der Waals surface area (Å²) in [7, 11) is 0. The van der Waals surface area contributed by atoms with Gasteiger partial charge in [0, 0.05) is 25.7 Å². The van der Waals surface area contributed by atoms with E-state index in [4.69, 9.17) is 0 Å². The van der Waals surface area contributed by atoms with Gasteiger partial charge >= 0.3 is 6.03 Å². The number of hydrogen-bond acceptors (Lipinski definition) is 2. The van der Waals surface area contributed by atoms with Crippen LogP contribution in [0.1, 0.15) is 46.0 Å². The zero-order chi connectivity index (χ0) is 13.8. The smallest absolute Gasteiger partial charge is 0.317 e. The average Bonchev–Trinajstić information content (AvgIpc) is 2.44. The largest absolute Gasteiger partial charge is 0.396 e. The van der Waals surface area contributed by atoms with E-state index in [2.05, 4.69) is 19.2 Å². The normalized spacial score (nSPS) is 36.1. The summed E-state index contributed by atoms with van der Waals surface area (Å²) >= 11 is 0. The number of carbonyl (C=O) groups is 1. The molecule has 1 saturated carbocycles. The summed E-state index contributed by atoms with van der Waals surface area (Å²) in [5.74, 6) is 1.53. The van der Waals surface area contributed by atoms with Crippen molar-refractivity contribution in [3.8, 4) is 0 Å². The molecule has 1 heterocycles. The molecule has 0 unspecified atom stereocenters. The Balaban J connectivity index is 1.86. The van der Waals surface area contributed by atoms with Gasteiger partial charge in [-0.1, -0.05) is 26.7 Å².